The number of likely N-dealkylation sites (tertiary alicyclic amines) is 1. The highest BCUT2D eigenvalue weighted by atomic mass is 35.5. The van der Waals surface area contributed by atoms with E-state index in [0.717, 1.165) is 32.5 Å². The molecule has 2 atom stereocenters. The van der Waals surface area contributed by atoms with Crippen LogP contribution in [0.5, 0.6) is 5.75 Å². The number of hydrogen-bond acceptors (Lipinski definition) is 3. The van der Waals surface area contributed by atoms with Gasteiger partial charge in [0.25, 0.3) is 0 Å². The van der Waals surface area contributed by atoms with Crippen molar-refractivity contribution < 1.29 is 9.84 Å². The Balaban J connectivity index is 1.78. The zero-order chi connectivity index (χ0) is 14.5. The maximum Gasteiger partial charge on any atom is 0.138 e. The van der Waals surface area contributed by atoms with Gasteiger partial charge in [0.2, 0.25) is 0 Å². The highest BCUT2D eigenvalue weighted by molar-refractivity contribution is 6.35. The Kier molecular flexibility index (Phi) is 5.97. The summed E-state index contributed by atoms with van der Waals surface area (Å²) in [5.41, 5.74) is 0. The van der Waals surface area contributed by atoms with Gasteiger partial charge in [0.15, 0.2) is 0 Å². The predicted octanol–water partition coefficient (Wildman–Crippen LogP) is 3.47. The van der Waals surface area contributed by atoms with Crippen molar-refractivity contribution in [3.8, 4) is 5.75 Å². The van der Waals surface area contributed by atoms with E-state index in [2.05, 4.69) is 4.90 Å². The molecule has 112 valence electrons. The molecule has 1 fully saturated rings. The molecule has 0 bridgehead atoms. The van der Waals surface area contributed by atoms with E-state index < -0.39 is 0 Å². The molecule has 0 radical (unpaired) electrons. The molecule has 1 aromatic rings. The standard InChI is InChI=1S/C15H21Cl2NO2/c1-11(19)12-3-2-6-18(10-12)7-8-20-15-5-4-13(16)9-14(15)17/h4-5,9,11-12,19H,2-3,6-8,10H2,1H3. The van der Waals surface area contributed by atoms with E-state index in [1.54, 1.807) is 18.2 Å². The summed E-state index contributed by atoms with van der Waals surface area (Å²) in [6, 6.07) is 5.25. The average Bonchev–Trinajstić information content (AvgIpc) is 2.41. The molecule has 1 saturated heterocycles. The predicted molar refractivity (Wildman–Crippen MR) is 82.8 cm³/mol. The van der Waals surface area contributed by atoms with Crippen molar-refractivity contribution in [3.63, 3.8) is 0 Å². The summed E-state index contributed by atoms with van der Waals surface area (Å²) in [5.74, 6) is 1.04. The zero-order valence-corrected chi connectivity index (χ0v) is 13.2. The lowest BCUT2D eigenvalue weighted by atomic mass is 9.93. The fraction of sp³-hybridized carbons (Fsp3) is 0.600. The monoisotopic (exact) mass is 317 g/mol. The first-order valence-corrected chi connectivity index (χ1v) is 7.80. The first-order valence-electron chi connectivity index (χ1n) is 7.04. The van der Waals surface area contributed by atoms with Crippen LogP contribution in [0.4, 0.5) is 0 Å². The summed E-state index contributed by atoms with van der Waals surface area (Å²) in [4.78, 5) is 2.34. The lowest BCUT2D eigenvalue weighted by Crippen LogP contribution is -2.41. The molecule has 0 aromatic heterocycles. The van der Waals surface area contributed by atoms with Crippen molar-refractivity contribution in [1.82, 2.24) is 4.90 Å². The third kappa shape index (κ3) is 4.52. The summed E-state index contributed by atoms with van der Waals surface area (Å²) in [7, 11) is 0. The average molecular weight is 318 g/mol. The molecule has 0 saturated carbocycles. The van der Waals surface area contributed by atoms with E-state index in [1.165, 1.54) is 0 Å². The second-order valence-corrected chi connectivity index (χ2v) is 6.21. The Morgan fingerprint density at radius 2 is 2.25 bits per heavy atom. The maximum absolute atomic E-state index is 9.67. The number of piperidine rings is 1. The minimum absolute atomic E-state index is 0.232. The number of aliphatic hydroxyl groups excluding tert-OH is 1. The molecule has 1 N–H and O–H groups in total. The van der Waals surface area contributed by atoms with Crippen molar-refractivity contribution in [1.29, 1.82) is 0 Å². The SMILES string of the molecule is CC(O)C1CCCN(CCOc2ccc(Cl)cc2Cl)C1. The lowest BCUT2D eigenvalue weighted by Gasteiger charge is -2.33. The molecule has 5 heteroatoms. The van der Waals surface area contributed by atoms with Gasteiger partial charge in [0.05, 0.1) is 11.1 Å². The van der Waals surface area contributed by atoms with Gasteiger partial charge < -0.3 is 9.84 Å². The number of halogens is 2. The Hall–Kier alpha value is -0.480. The number of ether oxygens (including phenoxy) is 1. The van der Waals surface area contributed by atoms with Crippen molar-refractivity contribution in [2.24, 2.45) is 5.92 Å². The van der Waals surface area contributed by atoms with Crippen molar-refractivity contribution in [2.75, 3.05) is 26.2 Å². The molecule has 1 aliphatic heterocycles. The van der Waals surface area contributed by atoms with Crippen LogP contribution >= 0.6 is 23.2 Å². The van der Waals surface area contributed by atoms with E-state index in [0.29, 0.717) is 28.3 Å². The molecular formula is C15H21Cl2NO2. The van der Waals surface area contributed by atoms with Gasteiger partial charge in [-0.25, -0.2) is 0 Å². The minimum atomic E-state index is -0.232. The smallest absolute Gasteiger partial charge is 0.138 e. The normalized spacial score (nSPS) is 21.7. The van der Waals surface area contributed by atoms with E-state index in [9.17, 15) is 5.11 Å². The van der Waals surface area contributed by atoms with Crippen molar-refractivity contribution in [2.45, 2.75) is 25.9 Å². The Bertz CT molecular complexity index is 440. The maximum atomic E-state index is 9.67. The van der Waals surface area contributed by atoms with Crippen LogP contribution in [0.2, 0.25) is 10.0 Å². The highest BCUT2D eigenvalue weighted by Crippen LogP contribution is 2.27. The molecule has 2 unspecified atom stereocenters. The van der Waals surface area contributed by atoms with Gasteiger partial charge >= 0.3 is 0 Å². The highest BCUT2D eigenvalue weighted by Gasteiger charge is 2.23. The number of hydrogen-bond donors (Lipinski definition) is 1. The van der Waals surface area contributed by atoms with E-state index >= 15 is 0 Å². The molecule has 20 heavy (non-hydrogen) atoms. The quantitative estimate of drug-likeness (QED) is 0.902. The van der Waals surface area contributed by atoms with Crippen LogP contribution in [0.25, 0.3) is 0 Å². The Morgan fingerprint density at radius 3 is 2.95 bits per heavy atom. The Labute approximate surface area is 130 Å². The van der Waals surface area contributed by atoms with Gasteiger partial charge in [-0.1, -0.05) is 23.2 Å². The number of nitrogens with zero attached hydrogens (tertiary/aromatic N) is 1. The molecule has 3 nitrogen and oxygen atoms in total. The molecular weight excluding hydrogens is 297 g/mol. The van der Waals surface area contributed by atoms with Crippen molar-refractivity contribution >= 4 is 23.2 Å². The second-order valence-electron chi connectivity index (χ2n) is 5.37. The summed E-state index contributed by atoms with van der Waals surface area (Å²) in [6.45, 7) is 5.32. The van der Waals surface area contributed by atoms with Crippen LogP contribution in [0, 0.1) is 5.92 Å². The number of benzene rings is 1. The van der Waals surface area contributed by atoms with Crippen LogP contribution in [-0.2, 0) is 0 Å². The van der Waals surface area contributed by atoms with Crippen LogP contribution in [0.3, 0.4) is 0 Å². The van der Waals surface area contributed by atoms with Gasteiger partial charge in [0.1, 0.15) is 12.4 Å². The van der Waals surface area contributed by atoms with Gasteiger partial charge in [-0.15, -0.1) is 0 Å². The summed E-state index contributed by atoms with van der Waals surface area (Å²) in [5, 5.41) is 10.8. The van der Waals surface area contributed by atoms with E-state index in [-0.39, 0.29) is 6.10 Å². The van der Waals surface area contributed by atoms with Gasteiger partial charge in [-0.2, -0.15) is 0 Å². The van der Waals surface area contributed by atoms with Crippen LogP contribution in [0.15, 0.2) is 18.2 Å². The molecule has 0 amide bonds. The molecule has 0 aliphatic carbocycles. The van der Waals surface area contributed by atoms with Gasteiger partial charge in [-0.05, 0) is 50.4 Å². The molecule has 1 aromatic carbocycles. The van der Waals surface area contributed by atoms with Crippen molar-refractivity contribution in [3.05, 3.63) is 28.2 Å². The summed E-state index contributed by atoms with van der Waals surface area (Å²) >= 11 is 11.9. The topological polar surface area (TPSA) is 32.7 Å². The number of rotatable bonds is 5. The van der Waals surface area contributed by atoms with E-state index in [1.807, 2.05) is 6.92 Å². The van der Waals surface area contributed by atoms with Crippen LogP contribution in [-0.4, -0.2) is 42.4 Å². The van der Waals surface area contributed by atoms with Crippen LogP contribution in [0.1, 0.15) is 19.8 Å². The van der Waals surface area contributed by atoms with E-state index in [4.69, 9.17) is 27.9 Å². The Morgan fingerprint density at radius 1 is 1.45 bits per heavy atom. The lowest BCUT2D eigenvalue weighted by molar-refractivity contribution is 0.0573. The number of aliphatic hydroxyl groups is 1. The van der Waals surface area contributed by atoms with Crippen LogP contribution < -0.4 is 4.74 Å². The zero-order valence-electron chi connectivity index (χ0n) is 11.7. The van der Waals surface area contributed by atoms with Gasteiger partial charge in [0, 0.05) is 18.1 Å². The minimum Gasteiger partial charge on any atom is -0.491 e. The molecule has 1 aliphatic rings. The largest absolute Gasteiger partial charge is 0.491 e. The van der Waals surface area contributed by atoms with Gasteiger partial charge in [-0.3, -0.25) is 4.90 Å². The molecule has 0 spiro atoms. The molecule has 2 rings (SSSR count). The first-order chi connectivity index (χ1) is 9.56. The fourth-order valence-corrected chi connectivity index (χ4v) is 3.03. The third-order valence-corrected chi connectivity index (χ3v) is 4.31. The third-order valence-electron chi connectivity index (χ3n) is 3.78. The fourth-order valence-electron chi connectivity index (χ4n) is 2.57. The summed E-state index contributed by atoms with van der Waals surface area (Å²) < 4.78 is 5.70. The summed E-state index contributed by atoms with van der Waals surface area (Å²) in [6.07, 6.45) is 2.01. The second kappa shape index (κ2) is 7.51. The molecule has 1 heterocycles. The first kappa shape index (κ1) is 15.9.